The third-order valence-electron chi connectivity index (χ3n) is 5.28. The van der Waals surface area contributed by atoms with Gasteiger partial charge in [0.25, 0.3) is 5.91 Å². The molecule has 3 unspecified atom stereocenters. The molecule has 1 aliphatic carbocycles. The summed E-state index contributed by atoms with van der Waals surface area (Å²) in [5.74, 6) is -1.09. The van der Waals surface area contributed by atoms with Crippen molar-refractivity contribution in [3.63, 3.8) is 0 Å². The van der Waals surface area contributed by atoms with Crippen LogP contribution < -0.4 is 5.69 Å². The highest BCUT2D eigenvalue weighted by molar-refractivity contribution is 6.01. The SMILES string of the molecule is O=C(O)C1CC2CCCCC2N1C(=O)c1cccn2c(=O)[nH]nc12. The molecule has 4 rings (SSSR count). The molecule has 3 heterocycles. The number of pyridine rings is 1. The fourth-order valence-corrected chi connectivity index (χ4v) is 4.21. The van der Waals surface area contributed by atoms with Crippen LogP contribution in [0.1, 0.15) is 42.5 Å². The summed E-state index contributed by atoms with van der Waals surface area (Å²) >= 11 is 0. The summed E-state index contributed by atoms with van der Waals surface area (Å²) < 4.78 is 1.26. The van der Waals surface area contributed by atoms with Crippen molar-refractivity contribution < 1.29 is 14.7 Å². The number of carboxylic acids is 1. The second-order valence-electron chi connectivity index (χ2n) is 6.56. The van der Waals surface area contributed by atoms with Crippen LogP contribution >= 0.6 is 0 Å². The molecule has 0 spiro atoms. The second-order valence-corrected chi connectivity index (χ2v) is 6.56. The Balaban J connectivity index is 1.78. The predicted molar refractivity (Wildman–Crippen MR) is 83.8 cm³/mol. The van der Waals surface area contributed by atoms with Crippen LogP contribution in [0.2, 0.25) is 0 Å². The van der Waals surface area contributed by atoms with Gasteiger partial charge in [0.1, 0.15) is 6.04 Å². The molecule has 2 aromatic heterocycles. The van der Waals surface area contributed by atoms with Gasteiger partial charge in [-0.15, -0.1) is 0 Å². The lowest BCUT2D eigenvalue weighted by Gasteiger charge is -2.33. The first-order valence-electron chi connectivity index (χ1n) is 8.19. The summed E-state index contributed by atoms with van der Waals surface area (Å²) in [4.78, 5) is 38.0. The number of carboxylic acid groups (broad SMARTS) is 1. The van der Waals surface area contributed by atoms with Gasteiger partial charge in [-0.3, -0.25) is 4.79 Å². The number of aromatic nitrogens is 3. The van der Waals surface area contributed by atoms with Gasteiger partial charge < -0.3 is 10.0 Å². The largest absolute Gasteiger partial charge is 0.480 e. The van der Waals surface area contributed by atoms with Crippen LogP contribution in [0.5, 0.6) is 0 Å². The number of nitrogens with one attached hydrogen (secondary N) is 1. The number of rotatable bonds is 2. The molecule has 2 aliphatic rings. The highest BCUT2D eigenvalue weighted by atomic mass is 16.4. The topological polar surface area (TPSA) is 108 Å². The smallest absolute Gasteiger partial charge is 0.347 e. The summed E-state index contributed by atoms with van der Waals surface area (Å²) in [6, 6.07) is 2.34. The van der Waals surface area contributed by atoms with Crippen LogP contribution in [0.3, 0.4) is 0 Å². The quantitative estimate of drug-likeness (QED) is 0.850. The number of carbonyl (C=O) groups excluding carboxylic acids is 1. The molecule has 24 heavy (non-hydrogen) atoms. The molecular formula is C16H18N4O4. The van der Waals surface area contributed by atoms with Crippen molar-refractivity contribution in [1.82, 2.24) is 19.5 Å². The van der Waals surface area contributed by atoms with E-state index in [4.69, 9.17) is 0 Å². The molecule has 0 bridgehead atoms. The Morgan fingerprint density at radius 3 is 2.88 bits per heavy atom. The van der Waals surface area contributed by atoms with Gasteiger partial charge in [0, 0.05) is 12.2 Å². The summed E-state index contributed by atoms with van der Waals surface area (Å²) in [6.45, 7) is 0. The molecule has 3 atom stereocenters. The molecule has 2 N–H and O–H groups in total. The molecule has 1 saturated carbocycles. The lowest BCUT2D eigenvalue weighted by Crippen LogP contribution is -2.46. The van der Waals surface area contributed by atoms with E-state index in [1.54, 1.807) is 12.1 Å². The van der Waals surface area contributed by atoms with Crippen LogP contribution in [0.25, 0.3) is 5.65 Å². The number of aromatic amines is 1. The van der Waals surface area contributed by atoms with E-state index in [2.05, 4.69) is 10.2 Å². The maximum atomic E-state index is 13.1. The van der Waals surface area contributed by atoms with E-state index in [1.165, 1.54) is 15.5 Å². The van der Waals surface area contributed by atoms with E-state index in [0.29, 0.717) is 6.42 Å². The second kappa shape index (κ2) is 5.47. The van der Waals surface area contributed by atoms with Crippen LogP contribution in [-0.2, 0) is 4.79 Å². The number of amides is 1. The van der Waals surface area contributed by atoms with Crippen molar-refractivity contribution in [1.29, 1.82) is 0 Å². The highest BCUT2D eigenvalue weighted by Gasteiger charge is 2.48. The standard InChI is InChI=1S/C16H18N4O4/c21-14(10-5-3-7-19-13(10)17-18-16(19)24)20-11-6-2-1-4-9(11)8-12(20)15(22)23/h3,5,7,9,11-12H,1-2,4,6,8H2,(H,18,24)(H,22,23). The first-order valence-corrected chi connectivity index (χ1v) is 8.19. The van der Waals surface area contributed by atoms with Gasteiger partial charge in [-0.1, -0.05) is 12.8 Å². The normalized spacial score (nSPS) is 26.5. The number of hydrogen-bond donors (Lipinski definition) is 2. The minimum Gasteiger partial charge on any atom is -0.480 e. The zero-order chi connectivity index (χ0) is 16.8. The van der Waals surface area contributed by atoms with Crippen molar-refractivity contribution in [2.45, 2.75) is 44.2 Å². The fourth-order valence-electron chi connectivity index (χ4n) is 4.21. The summed E-state index contributed by atoms with van der Waals surface area (Å²) in [7, 11) is 0. The molecular weight excluding hydrogens is 312 g/mol. The monoisotopic (exact) mass is 330 g/mol. The predicted octanol–water partition coefficient (Wildman–Crippen LogP) is 0.881. The van der Waals surface area contributed by atoms with Crippen molar-refractivity contribution in [3.8, 4) is 0 Å². The third kappa shape index (κ3) is 2.13. The van der Waals surface area contributed by atoms with E-state index in [1.807, 2.05) is 0 Å². The van der Waals surface area contributed by atoms with E-state index in [0.717, 1.165) is 25.7 Å². The van der Waals surface area contributed by atoms with Crippen LogP contribution in [0, 0.1) is 5.92 Å². The van der Waals surface area contributed by atoms with Crippen molar-refractivity contribution in [3.05, 3.63) is 34.4 Å². The van der Waals surface area contributed by atoms with Crippen molar-refractivity contribution in [2.75, 3.05) is 0 Å². The zero-order valence-corrected chi connectivity index (χ0v) is 13.0. The van der Waals surface area contributed by atoms with E-state index in [9.17, 15) is 19.5 Å². The molecule has 1 aliphatic heterocycles. The minimum absolute atomic E-state index is 0.0433. The molecule has 126 valence electrons. The van der Waals surface area contributed by atoms with Crippen LogP contribution in [0.15, 0.2) is 23.1 Å². The molecule has 2 aromatic rings. The Hall–Kier alpha value is -2.64. The van der Waals surface area contributed by atoms with Gasteiger partial charge in [-0.25, -0.2) is 19.1 Å². The summed E-state index contributed by atoms with van der Waals surface area (Å²) in [6.07, 6.45) is 5.91. The average Bonchev–Trinajstić information content (AvgIpc) is 3.15. The van der Waals surface area contributed by atoms with E-state index >= 15 is 0 Å². The first-order chi connectivity index (χ1) is 11.6. The molecule has 0 aromatic carbocycles. The lowest BCUT2D eigenvalue weighted by atomic mass is 9.84. The van der Waals surface area contributed by atoms with E-state index in [-0.39, 0.29) is 29.1 Å². The molecule has 1 amide bonds. The molecule has 1 saturated heterocycles. The van der Waals surface area contributed by atoms with Crippen molar-refractivity contribution >= 4 is 17.5 Å². The summed E-state index contributed by atoms with van der Waals surface area (Å²) in [5.41, 5.74) is 0.0654. The number of likely N-dealkylation sites (tertiary alicyclic amines) is 1. The minimum atomic E-state index is -0.968. The molecule has 8 nitrogen and oxygen atoms in total. The van der Waals surface area contributed by atoms with Gasteiger partial charge in [0.05, 0.1) is 5.56 Å². The highest BCUT2D eigenvalue weighted by Crippen LogP contribution is 2.40. The van der Waals surface area contributed by atoms with Gasteiger partial charge >= 0.3 is 11.7 Å². The fraction of sp³-hybridized carbons (Fsp3) is 0.500. The van der Waals surface area contributed by atoms with Gasteiger partial charge in [0.15, 0.2) is 5.65 Å². The Labute approximate surface area is 137 Å². The van der Waals surface area contributed by atoms with Gasteiger partial charge in [-0.2, -0.15) is 5.10 Å². The van der Waals surface area contributed by atoms with Gasteiger partial charge in [0.2, 0.25) is 0 Å². The lowest BCUT2D eigenvalue weighted by molar-refractivity contribution is -0.141. The number of carbonyl (C=O) groups is 2. The molecule has 2 fully saturated rings. The maximum Gasteiger partial charge on any atom is 0.347 e. The number of fused-ring (bicyclic) bond motifs is 2. The Morgan fingerprint density at radius 1 is 1.29 bits per heavy atom. The molecule has 8 heteroatoms. The summed E-state index contributed by atoms with van der Waals surface area (Å²) in [5, 5.41) is 15.8. The first kappa shape index (κ1) is 14.9. The number of hydrogen-bond acceptors (Lipinski definition) is 4. The zero-order valence-electron chi connectivity index (χ0n) is 13.0. The Kier molecular flexibility index (Phi) is 3.40. The van der Waals surface area contributed by atoms with Crippen LogP contribution in [0.4, 0.5) is 0 Å². The average molecular weight is 330 g/mol. The molecule has 0 radical (unpaired) electrons. The number of nitrogens with zero attached hydrogens (tertiary/aromatic N) is 3. The maximum absolute atomic E-state index is 13.1. The Bertz CT molecular complexity index is 870. The number of H-pyrrole nitrogens is 1. The number of aliphatic carboxylic acids is 1. The van der Waals surface area contributed by atoms with E-state index < -0.39 is 17.7 Å². The van der Waals surface area contributed by atoms with Gasteiger partial charge in [-0.05, 0) is 37.3 Å². The van der Waals surface area contributed by atoms with Crippen LogP contribution in [-0.4, -0.2) is 48.6 Å². The van der Waals surface area contributed by atoms with Crippen molar-refractivity contribution in [2.24, 2.45) is 5.92 Å². The third-order valence-corrected chi connectivity index (χ3v) is 5.28. The Morgan fingerprint density at radius 2 is 2.08 bits per heavy atom.